The van der Waals surface area contributed by atoms with Gasteiger partial charge in [0.1, 0.15) is 5.82 Å². The number of benzene rings is 1. The third kappa shape index (κ3) is 3.48. The Bertz CT molecular complexity index is 668. The van der Waals surface area contributed by atoms with E-state index >= 15 is 0 Å². The van der Waals surface area contributed by atoms with Gasteiger partial charge in [-0.05, 0) is 18.2 Å². The number of hydrogen-bond donors (Lipinski definition) is 2. The predicted octanol–water partition coefficient (Wildman–Crippen LogP) is 2.63. The van der Waals surface area contributed by atoms with Gasteiger partial charge in [0, 0.05) is 28.8 Å². The molecular weight excluding hydrogens is 283 g/mol. The van der Waals surface area contributed by atoms with Crippen molar-refractivity contribution < 1.29 is 19.1 Å². The summed E-state index contributed by atoms with van der Waals surface area (Å²) in [6, 6.07) is 3.80. The number of aliphatic carboxylic acids is 1. The lowest BCUT2D eigenvalue weighted by Gasteiger charge is -2.03. The van der Waals surface area contributed by atoms with Crippen LogP contribution >= 0.6 is 11.3 Å². The summed E-state index contributed by atoms with van der Waals surface area (Å²) in [6.45, 7) is 0. The van der Waals surface area contributed by atoms with Gasteiger partial charge in [0.05, 0.1) is 0 Å². The average Bonchev–Trinajstić information content (AvgIpc) is 2.89. The minimum atomic E-state index is -1.17. The summed E-state index contributed by atoms with van der Waals surface area (Å²) < 4.78 is 13.7. The zero-order valence-corrected chi connectivity index (χ0v) is 10.9. The van der Waals surface area contributed by atoms with Crippen LogP contribution in [0.2, 0.25) is 0 Å². The van der Waals surface area contributed by atoms with Crippen molar-refractivity contribution in [3.05, 3.63) is 52.8 Å². The highest BCUT2D eigenvalue weighted by Crippen LogP contribution is 2.15. The monoisotopic (exact) mass is 292 g/mol. The quantitative estimate of drug-likeness (QED) is 0.849. The van der Waals surface area contributed by atoms with Crippen LogP contribution in [0.3, 0.4) is 0 Å². The first-order valence-corrected chi connectivity index (χ1v) is 6.35. The van der Waals surface area contributed by atoms with Crippen molar-refractivity contribution in [3.8, 4) is 0 Å². The number of carboxylic acid groups (broad SMARTS) is 1. The van der Waals surface area contributed by atoms with Crippen molar-refractivity contribution in [2.75, 3.05) is 5.32 Å². The number of carbonyl (C=O) groups is 2. The maximum atomic E-state index is 13.7. The maximum absolute atomic E-state index is 13.7. The zero-order chi connectivity index (χ0) is 14.5. The van der Waals surface area contributed by atoms with Crippen LogP contribution in [0.25, 0.3) is 6.08 Å². The van der Waals surface area contributed by atoms with Crippen LogP contribution in [-0.4, -0.2) is 22.0 Å². The molecule has 0 atom stereocenters. The number of carbonyl (C=O) groups excluding carboxylic acids is 1. The summed E-state index contributed by atoms with van der Waals surface area (Å²) in [5, 5.41) is 13.1. The molecule has 0 bridgehead atoms. The summed E-state index contributed by atoms with van der Waals surface area (Å²) in [7, 11) is 0. The molecule has 0 saturated heterocycles. The highest BCUT2D eigenvalue weighted by molar-refractivity contribution is 7.13. The average molecular weight is 292 g/mol. The summed E-state index contributed by atoms with van der Waals surface area (Å²) in [6.07, 6.45) is 3.49. The minimum absolute atomic E-state index is 0.0956. The van der Waals surface area contributed by atoms with Crippen molar-refractivity contribution in [2.24, 2.45) is 0 Å². The molecule has 1 heterocycles. The summed E-state index contributed by atoms with van der Waals surface area (Å²) >= 11 is 1.25. The number of nitrogens with zero attached hydrogens (tertiary/aromatic N) is 1. The van der Waals surface area contributed by atoms with Crippen molar-refractivity contribution in [1.82, 2.24) is 4.98 Å². The molecule has 7 heteroatoms. The third-order valence-corrected chi connectivity index (χ3v) is 3.01. The fourth-order valence-electron chi connectivity index (χ4n) is 1.42. The van der Waals surface area contributed by atoms with Gasteiger partial charge in [-0.2, -0.15) is 0 Å². The molecule has 2 rings (SSSR count). The van der Waals surface area contributed by atoms with E-state index in [0.717, 1.165) is 18.2 Å². The standard InChI is InChI=1S/C13H9FN2O3S/c14-10-7-9(2-1-8(10)3-4-11(17)18)12(19)16-13-15-5-6-20-13/h1-7H,(H,17,18)(H,15,16,19). The SMILES string of the molecule is O=C(O)C=Cc1ccc(C(=O)Nc2nccs2)cc1F. The van der Waals surface area contributed by atoms with Crippen LogP contribution in [-0.2, 0) is 4.79 Å². The van der Waals surface area contributed by atoms with E-state index in [1.165, 1.54) is 23.5 Å². The molecular formula is C13H9FN2O3S. The van der Waals surface area contributed by atoms with Crippen LogP contribution in [0, 0.1) is 5.82 Å². The van der Waals surface area contributed by atoms with E-state index in [4.69, 9.17) is 5.11 Å². The van der Waals surface area contributed by atoms with Crippen LogP contribution < -0.4 is 5.32 Å². The normalized spacial score (nSPS) is 10.7. The highest BCUT2D eigenvalue weighted by atomic mass is 32.1. The Morgan fingerprint density at radius 1 is 1.40 bits per heavy atom. The summed E-state index contributed by atoms with van der Waals surface area (Å²) in [5.74, 6) is -2.32. The van der Waals surface area contributed by atoms with E-state index in [1.54, 1.807) is 11.6 Å². The first-order chi connectivity index (χ1) is 9.56. The Balaban J connectivity index is 2.16. The molecule has 0 saturated carbocycles. The first-order valence-electron chi connectivity index (χ1n) is 5.47. The van der Waals surface area contributed by atoms with Gasteiger partial charge in [0.2, 0.25) is 0 Å². The van der Waals surface area contributed by atoms with E-state index < -0.39 is 17.7 Å². The van der Waals surface area contributed by atoms with E-state index in [-0.39, 0.29) is 11.1 Å². The second kappa shape index (κ2) is 6.07. The molecule has 20 heavy (non-hydrogen) atoms. The Morgan fingerprint density at radius 2 is 2.20 bits per heavy atom. The van der Waals surface area contributed by atoms with Gasteiger partial charge in [-0.3, -0.25) is 10.1 Å². The van der Waals surface area contributed by atoms with E-state index in [0.29, 0.717) is 5.13 Å². The number of aromatic nitrogens is 1. The molecule has 102 valence electrons. The van der Waals surface area contributed by atoms with Crippen molar-refractivity contribution >= 4 is 34.4 Å². The third-order valence-electron chi connectivity index (χ3n) is 2.32. The fourth-order valence-corrected chi connectivity index (χ4v) is 1.94. The van der Waals surface area contributed by atoms with Gasteiger partial charge in [-0.15, -0.1) is 11.3 Å². The molecule has 1 aromatic carbocycles. The maximum Gasteiger partial charge on any atom is 0.328 e. The lowest BCUT2D eigenvalue weighted by Crippen LogP contribution is -2.12. The van der Waals surface area contributed by atoms with Crippen LogP contribution in [0.1, 0.15) is 15.9 Å². The summed E-state index contributed by atoms with van der Waals surface area (Å²) in [5.41, 5.74) is 0.225. The molecule has 1 aromatic heterocycles. The molecule has 0 aliphatic heterocycles. The number of carboxylic acids is 1. The Labute approximate surface area is 117 Å². The van der Waals surface area contributed by atoms with Crippen LogP contribution in [0.4, 0.5) is 9.52 Å². The van der Waals surface area contributed by atoms with Gasteiger partial charge in [0.25, 0.3) is 5.91 Å². The first kappa shape index (κ1) is 13.9. The molecule has 2 aromatic rings. The molecule has 0 aliphatic carbocycles. The molecule has 0 unspecified atom stereocenters. The Morgan fingerprint density at radius 3 is 2.80 bits per heavy atom. The lowest BCUT2D eigenvalue weighted by molar-refractivity contribution is -0.131. The number of anilines is 1. The number of amides is 1. The molecule has 1 amide bonds. The smallest absolute Gasteiger partial charge is 0.328 e. The second-order valence-electron chi connectivity index (χ2n) is 3.70. The fraction of sp³-hybridized carbons (Fsp3) is 0. The van der Waals surface area contributed by atoms with Gasteiger partial charge in [-0.25, -0.2) is 14.2 Å². The lowest BCUT2D eigenvalue weighted by atomic mass is 10.1. The molecule has 0 spiro atoms. The number of rotatable bonds is 4. The van der Waals surface area contributed by atoms with Gasteiger partial charge in [0.15, 0.2) is 5.13 Å². The number of halogens is 1. The van der Waals surface area contributed by atoms with Crippen LogP contribution in [0.15, 0.2) is 35.9 Å². The van der Waals surface area contributed by atoms with Gasteiger partial charge >= 0.3 is 5.97 Å². The Kier molecular flexibility index (Phi) is 4.21. The predicted molar refractivity (Wildman–Crippen MR) is 73.1 cm³/mol. The largest absolute Gasteiger partial charge is 0.478 e. The van der Waals surface area contributed by atoms with Crippen molar-refractivity contribution in [2.45, 2.75) is 0 Å². The molecule has 2 N–H and O–H groups in total. The van der Waals surface area contributed by atoms with Gasteiger partial charge in [-0.1, -0.05) is 6.07 Å². The van der Waals surface area contributed by atoms with E-state index in [2.05, 4.69) is 10.3 Å². The molecule has 0 fully saturated rings. The second-order valence-corrected chi connectivity index (χ2v) is 4.59. The minimum Gasteiger partial charge on any atom is -0.478 e. The topological polar surface area (TPSA) is 79.3 Å². The van der Waals surface area contributed by atoms with Crippen molar-refractivity contribution in [3.63, 3.8) is 0 Å². The Hall–Kier alpha value is -2.54. The van der Waals surface area contributed by atoms with Gasteiger partial charge < -0.3 is 5.11 Å². The number of hydrogen-bond acceptors (Lipinski definition) is 4. The highest BCUT2D eigenvalue weighted by Gasteiger charge is 2.10. The molecule has 5 nitrogen and oxygen atoms in total. The number of thiazole rings is 1. The molecule has 0 radical (unpaired) electrons. The summed E-state index contributed by atoms with van der Waals surface area (Å²) in [4.78, 5) is 26.1. The van der Waals surface area contributed by atoms with Crippen molar-refractivity contribution in [1.29, 1.82) is 0 Å². The zero-order valence-electron chi connectivity index (χ0n) is 10.0. The number of nitrogens with one attached hydrogen (secondary N) is 1. The van der Waals surface area contributed by atoms with E-state index in [9.17, 15) is 14.0 Å². The molecule has 0 aliphatic rings. The van der Waals surface area contributed by atoms with E-state index in [1.807, 2.05) is 0 Å². The van der Waals surface area contributed by atoms with Crippen LogP contribution in [0.5, 0.6) is 0 Å².